The Morgan fingerprint density at radius 1 is 1.29 bits per heavy atom. The fraction of sp³-hybridized carbons (Fsp3) is 0.143. The van der Waals surface area contributed by atoms with E-state index in [1.165, 1.54) is 0 Å². The van der Waals surface area contributed by atoms with Crippen LogP contribution in [-0.2, 0) is 0 Å². The summed E-state index contributed by atoms with van der Waals surface area (Å²) >= 11 is 0. The molecule has 0 saturated heterocycles. The van der Waals surface area contributed by atoms with Gasteiger partial charge in [0.25, 0.3) is 12.1 Å². The summed E-state index contributed by atoms with van der Waals surface area (Å²) < 4.78 is 49.4. The van der Waals surface area contributed by atoms with Crippen molar-refractivity contribution in [3.05, 3.63) is 39.4 Å². The molecule has 0 fully saturated rings. The third kappa shape index (κ3) is 1.66. The van der Waals surface area contributed by atoms with Crippen LogP contribution in [-0.4, -0.2) is 4.92 Å². The van der Waals surface area contributed by atoms with Gasteiger partial charge < -0.3 is 0 Å². The first-order valence-electron chi connectivity index (χ1n) is 3.35. The van der Waals surface area contributed by atoms with Crippen molar-refractivity contribution in [2.45, 2.75) is 6.43 Å². The van der Waals surface area contributed by atoms with Crippen LogP contribution in [0.4, 0.5) is 23.2 Å². The lowest BCUT2D eigenvalue weighted by atomic mass is 10.1. The van der Waals surface area contributed by atoms with Crippen LogP contribution in [0.1, 0.15) is 12.0 Å². The maximum absolute atomic E-state index is 12.7. The van der Waals surface area contributed by atoms with Gasteiger partial charge in [0.1, 0.15) is 5.56 Å². The Kier molecular flexibility index (Phi) is 2.68. The van der Waals surface area contributed by atoms with Gasteiger partial charge in [-0.3, -0.25) is 10.1 Å². The third-order valence-corrected chi connectivity index (χ3v) is 1.52. The number of alkyl halides is 2. The summed E-state index contributed by atoms with van der Waals surface area (Å²) in [6.07, 6.45) is -3.42. The van der Waals surface area contributed by atoms with Gasteiger partial charge in [-0.2, -0.15) is 0 Å². The third-order valence-electron chi connectivity index (χ3n) is 1.52. The van der Waals surface area contributed by atoms with Gasteiger partial charge in [0.2, 0.25) is 0 Å². The fourth-order valence-corrected chi connectivity index (χ4v) is 0.923. The molecule has 0 unspecified atom stereocenters. The van der Waals surface area contributed by atoms with Crippen molar-refractivity contribution in [1.82, 2.24) is 0 Å². The molecule has 0 spiro atoms. The van der Waals surface area contributed by atoms with E-state index >= 15 is 0 Å². The van der Waals surface area contributed by atoms with Crippen LogP contribution in [0.2, 0.25) is 0 Å². The van der Waals surface area contributed by atoms with Crippen molar-refractivity contribution in [3.8, 4) is 0 Å². The van der Waals surface area contributed by atoms with Gasteiger partial charge in [0.15, 0.2) is 11.6 Å². The van der Waals surface area contributed by atoms with E-state index in [9.17, 15) is 27.7 Å². The highest BCUT2D eigenvalue weighted by Gasteiger charge is 2.28. The first-order chi connectivity index (χ1) is 6.45. The monoisotopic (exact) mass is 209 g/mol. The van der Waals surface area contributed by atoms with Gasteiger partial charge in [-0.05, 0) is 6.07 Å². The van der Waals surface area contributed by atoms with E-state index in [1.54, 1.807) is 0 Å². The summed E-state index contributed by atoms with van der Waals surface area (Å²) in [5, 5.41) is 10.2. The van der Waals surface area contributed by atoms with E-state index in [1.807, 2.05) is 0 Å². The van der Waals surface area contributed by atoms with Crippen molar-refractivity contribution in [2.24, 2.45) is 0 Å². The molecule has 0 N–H and O–H groups in total. The quantitative estimate of drug-likeness (QED) is 0.427. The van der Waals surface area contributed by atoms with Gasteiger partial charge in [0.05, 0.1) is 4.92 Å². The standard InChI is InChI=1S/C7H3F4NO2/c8-3-1-2-4(12(13)14)5(6(3)9)7(10)11/h1-2,7H. The number of nitro benzene ring substituents is 1. The summed E-state index contributed by atoms with van der Waals surface area (Å²) in [5.41, 5.74) is -2.64. The Balaban J connectivity index is 3.45. The smallest absolute Gasteiger partial charge is 0.258 e. The lowest BCUT2D eigenvalue weighted by Crippen LogP contribution is -2.01. The Hall–Kier alpha value is -1.66. The average Bonchev–Trinajstić information content (AvgIpc) is 2.08. The van der Waals surface area contributed by atoms with Gasteiger partial charge >= 0.3 is 0 Å². The predicted molar refractivity (Wildman–Crippen MR) is 38.0 cm³/mol. The summed E-state index contributed by atoms with van der Waals surface area (Å²) in [5.74, 6) is -3.42. The molecule has 0 bridgehead atoms. The second-order valence-corrected chi connectivity index (χ2v) is 2.35. The molecule has 0 aliphatic heterocycles. The predicted octanol–water partition coefficient (Wildman–Crippen LogP) is 2.81. The molecular formula is C7H3F4NO2. The summed E-state index contributed by atoms with van der Waals surface area (Å²) in [7, 11) is 0. The highest BCUT2D eigenvalue weighted by Crippen LogP contribution is 2.32. The van der Waals surface area contributed by atoms with Crippen LogP contribution in [0.5, 0.6) is 0 Å². The molecule has 7 heteroatoms. The van der Waals surface area contributed by atoms with Crippen molar-refractivity contribution < 1.29 is 22.5 Å². The lowest BCUT2D eigenvalue weighted by molar-refractivity contribution is -0.386. The Morgan fingerprint density at radius 2 is 1.86 bits per heavy atom. The number of hydrogen-bond acceptors (Lipinski definition) is 2. The van der Waals surface area contributed by atoms with Gasteiger partial charge in [-0.1, -0.05) is 0 Å². The van der Waals surface area contributed by atoms with E-state index < -0.39 is 34.2 Å². The number of rotatable bonds is 2. The molecule has 0 saturated carbocycles. The maximum Gasteiger partial charge on any atom is 0.281 e. The summed E-state index contributed by atoms with van der Waals surface area (Å²) in [6.45, 7) is 0. The normalized spacial score (nSPS) is 10.6. The van der Waals surface area contributed by atoms with E-state index in [0.717, 1.165) is 0 Å². The zero-order chi connectivity index (χ0) is 10.9. The first-order valence-corrected chi connectivity index (χ1v) is 3.35. The van der Waals surface area contributed by atoms with Crippen LogP contribution in [0.15, 0.2) is 12.1 Å². The fourth-order valence-electron chi connectivity index (χ4n) is 0.923. The average molecular weight is 209 g/mol. The second-order valence-electron chi connectivity index (χ2n) is 2.35. The number of nitrogens with zero attached hydrogens (tertiary/aromatic N) is 1. The van der Waals surface area contributed by atoms with E-state index in [0.29, 0.717) is 12.1 Å². The molecule has 1 aromatic carbocycles. The summed E-state index contributed by atoms with van der Waals surface area (Å²) in [4.78, 5) is 8.98. The van der Waals surface area contributed by atoms with Crippen molar-refractivity contribution >= 4 is 5.69 Å². The minimum atomic E-state index is -3.42. The minimum absolute atomic E-state index is 0.430. The number of halogens is 4. The van der Waals surface area contributed by atoms with E-state index in [4.69, 9.17) is 0 Å². The zero-order valence-corrected chi connectivity index (χ0v) is 6.51. The molecule has 14 heavy (non-hydrogen) atoms. The molecule has 0 radical (unpaired) electrons. The topological polar surface area (TPSA) is 43.1 Å². The molecule has 0 atom stereocenters. The lowest BCUT2D eigenvalue weighted by Gasteiger charge is -2.03. The molecule has 1 rings (SSSR count). The summed E-state index contributed by atoms with van der Waals surface area (Å²) in [6, 6.07) is 0.930. The van der Waals surface area contributed by atoms with Crippen LogP contribution in [0.3, 0.4) is 0 Å². The van der Waals surface area contributed by atoms with Crippen LogP contribution in [0, 0.1) is 21.7 Å². The molecular weight excluding hydrogens is 206 g/mol. The molecule has 0 amide bonds. The minimum Gasteiger partial charge on any atom is -0.258 e. The Bertz CT molecular complexity index is 380. The van der Waals surface area contributed by atoms with Crippen LogP contribution < -0.4 is 0 Å². The largest absolute Gasteiger partial charge is 0.281 e. The Labute approximate surface area is 75.1 Å². The number of nitro groups is 1. The molecule has 0 aliphatic carbocycles. The molecule has 3 nitrogen and oxygen atoms in total. The zero-order valence-electron chi connectivity index (χ0n) is 6.51. The Morgan fingerprint density at radius 3 is 2.29 bits per heavy atom. The van der Waals surface area contributed by atoms with Crippen molar-refractivity contribution in [3.63, 3.8) is 0 Å². The highest BCUT2D eigenvalue weighted by atomic mass is 19.3. The highest BCUT2D eigenvalue weighted by molar-refractivity contribution is 5.42. The van der Waals surface area contributed by atoms with Gasteiger partial charge in [-0.15, -0.1) is 0 Å². The molecule has 0 aliphatic rings. The maximum atomic E-state index is 12.7. The van der Waals surface area contributed by atoms with Crippen LogP contribution >= 0.6 is 0 Å². The number of hydrogen-bond donors (Lipinski definition) is 0. The van der Waals surface area contributed by atoms with Gasteiger partial charge in [-0.25, -0.2) is 17.6 Å². The molecule has 0 heterocycles. The van der Waals surface area contributed by atoms with Crippen LogP contribution in [0.25, 0.3) is 0 Å². The number of benzene rings is 1. The molecule has 1 aromatic rings. The molecule has 76 valence electrons. The van der Waals surface area contributed by atoms with E-state index in [2.05, 4.69) is 0 Å². The second kappa shape index (κ2) is 3.60. The first kappa shape index (κ1) is 10.4. The van der Waals surface area contributed by atoms with Crippen molar-refractivity contribution in [1.29, 1.82) is 0 Å². The SMILES string of the molecule is O=[N+]([O-])c1ccc(F)c(F)c1C(F)F. The van der Waals surface area contributed by atoms with E-state index in [-0.39, 0.29) is 0 Å². The molecule has 0 aromatic heterocycles. The van der Waals surface area contributed by atoms with Crippen molar-refractivity contribution in [2.75, 3.05) is 0 Å². The van der Waals surface area contributed by atoms with Gasteiger partial charge in [0, 0.05) is 6.07 Å².